The number of carboxylic acids is 1. The van der Waals surface area contributed by atoms with Crippen LogP contribution in [-0.4, -0.2) is 32.6 Å². The van der Waals surface area contributed by atoms with Crippen molar-refractivity contribution in [1.82, 2.24) is 9.55 Å². The van der Waals surface area contributed by atoms with Crippen molar-refractivity contribution in [3.8, 4) is 17.1 Å². The molecule has 1 heterocycles. The van der Waals surface area contributed by atoms with Gasteiger partial charge in [-0.25, -0.2) is 18.6 Å². The van der Waals surface area contributed by atoms with E-state index < -0.39 is 17.6 Å². The molecule has 3 aromatic carbocycles. The van der Waals surface area contributed by atoms with Gasteiger partial charge in [-0.05, 0) is 55.0 Å². The number of rotatable bonds is 7. The van der Waals surface area contributed by atoms with E-state index in [1.165, 1.54) is 6.07 Å². The number of aromatic carboxylic acids is 1. The Morgan fingerprint density at radius 3 is 2.66 bits per heavy atom. The minimum absolute atomic E-state index is 0.142. The molecule has 5 nitrogen and oxygen atoms in total. The van der Waals surface area contributed by atoms with Crippen LogP contribution in [0.2, 0.25) is 0 Å². The van der Waals surface area contributed by atoms with E-state index in [0.29, 0.717) is 46.3 Å². The summed E-state index contributed by atoms with van der Waals surface area (Å²) >= 11 is 6.25. The summed E-state index contributed by atoms with van der Waals surface area (Å²) in [6.07, 6.45) is 2.88. The number of benzene rings is 3. The minimum atomic E-state index is -1.04. The lowest BCUT2D eigenvalue weighted by Crippen LogP contribution is -2.10. The highest BCUT2D eigenvalue weighted by atomic mass is 35.5. The van der Waals surface area contributed by atoms with Crippen LogP contribution >= 0.6 is 11.6 Å². The van der Waals surface area contributed by atoms with E-state index >= 15 is 0 Å². The second kappa shape index (κ2) is 9.66. The molecule has 1 saturated carbocycles. The number of carbonyl (C=O) groups is 1. The first-order valence-corrected chi connectivity index (χ1v) is 11.9. The Labute approximate surface area is 205 Å². The quantitative estimate of drug-likeness (QED) is 0.296. The van der Waals surface area contributed by atoms with E-state index in [-0.39, 0.29) is 17.5 Å². The summed E-state index contributed by atoms with van der Waals surface area (Å²) in [5.74, 6) is -1.55. The van der Waals surface area contributed by atoms with Gasteiger partial charge >= 0.3 is 5.97 Å². The Morgan fingerprint density at radius 2 is 1.89 bits per heavy atom. The topological polar surface area (TPSA) is 64.3 Å². The number of alkyl halides is 1. The highest BCUT2D eigenvalue weighted by molar-refractivity contribution is 6.20. The molecule has 4 aromatic rings. The number of halogens is 3. The minimum Gasteiger partial charge on any atom is -0.493 e. The standard InChI is InChI=1S/C27H23ClF2N2O3/c28-19-9-8-17(11-19)15-35-25-7-2-1-6-20(25)26-31-23-12-21(29)22(30)13-24(23)32(26)14-16-4-3-5-18(10-16)27(33)34/h1-7,10,12-13,17,19H,8-9,11,14-15H2,(H,33,34). The second-order valence-electron chi connectivity index (χ2n) is 8.87. The van der Waals surface area contributed by atoms with Gasteiger partial charge in [0.2, 0.25) is 0 Å². The van der Waals surface area contributed by atoms with Gasteiger partial charge < -0.3 is 14.4 Å². The van der Waals surface area contributed by atoms with Gasteiger partial charge in [-0.1, -0.05) is 24.3 Å². The Kier molecular flexibility index (Phi) is 6.43. The number of carboxylic acid groups (broad SMARTS) is 1. The smallest absolute Gasteiger partial charge is 0.335 e. The van der Waals surface area contributed by atoms with Crippen LogP contribution in [0.1, 0.15) is 35.2 Å². The number of imidazole rings is 1. The predicted molar refractivity (Wildman–Crippen MR) is 130 cm³/mol. The molecule has 0 bridgehead atoms. The molecule has 0 spiro atoms. The zero-order valence-corrected chi connectivity index (χ0v) is 19.5. The van der Waals surface area contributed by atoms with Crippen LogP contribution in [0.4, 0.5) is 8.78 Å². The van der Waals surface area contributed by atoms with E-state index in [0.717, 1.165) is 31.4 Å². The van der Waals surface area contributed by atoms with Gasteiger partial charge in [-0.2, -0.15) is 0 Å². The van der Waals surface area contributed by atoms with Gasteiger partial charge in [-0.3, -0.25) is 0 Å². The summed E-state index contributed by atoms with van der Waals surface area (Å²) in [7, 11) is 0. The summed E-state index contributed by atoms with van der Waals surface area (Å²) in [5.41, 5.74) is 2.20. The first kappa shape index (κ1) is 23.3. The molecule has 0 amide bonds. The molecule has 1 aliphatic rings. The highest BCUT2D eigenvalue weighted by Crippen LogP contribution is 2.35. The first-order chi connectivity index (χ1) is 16.9. The molecule has 0 radical (unpaired) electrons. The zero-order chi connectivity index (χ0) is 24.5. The maximum Gasteiger partial charge on any atom is 0.335 e. The molecular weight excluding hydrogens is 474 g/mol. The molecule has 0 saturated heterocycles. The summed E-state index contributed by atoms with van der Waals surface area (Å²) in [4.78, 5) is 16.1. The van der Waals surface area contributed by atoms with Gasteiger partial charge in [0.25, 0.3) is 0 Å². The third-order valence-corrected chi connectivity index (χ3v) is 6.78. The maximum atomic E-state index is 14.2. The molecule has 8 heteroatoms. The fourth-order valence-electron chi connectivity index (χ4n) is 4.62. The molecule has 5 rings (SSSR count). The van der Waals surface area contributed by atoms with Crippen molar-refractivity contribution >= 4 is 28.6 Å². The van der Waals surface area contributed by atoms with Crippen LogP contribution in [0, 0.1) is 17.6 Å². The van der Waals surface area contributed by atoms with Crippen molar-refractivity contribution in [2.75, 3.05) is 6.61 Å². The fourth-order valence-corrected chi connectivity index (χ4v) is 5.00. The van der Waals surface area contributed by atoms with Crippen LogP contribution in [0.25, 0.3) is 22.4 Å². The van der Waals surface area contributed by atoms with Crippen molar-refractivity contribution in [1.29, 1.82) is 0 Å². The normalized spacial score (nSPS) is 17.7. The molecule has 1 N–H and O–H groups in total. The molecule has 180 valence electrons. The largest absolute Gasteiger partial charge is 0.493 e. The lowest BCUT2D eigenvalue weighted by atomic mass is 10.1. The molecular formula is C27H23ClF2N2O3. The van der Waals surface area contributed by atoms with Crippen LogP contribution in [0.15, 0.2) is 60.7 Å². The van der Waals surface area contributed by atoms with Crippen molar-refractivity contribution < 1.29 is 23.4 Å². The summed E-state index contributed by atoms with van der Waals surface area (Å²) in [6, 6.07) is 16.1. The van der Waals surface area contributed by atoms with E-state index in [4.69, 9.17) is 16.3 Å². The van der Waals surface area contributed by atoms with Crippen LogP contribution in [0.5, 0.6) is 5.75 Å². The maximum absolute atomic E-state index is 14.2. The zero-order valence-electron chi connectivity index (χ0n) is 18.8. The summed E-state index contributed by atoms with van der Waals surface area (Å²) in [6.45, 7) is 0.729. The number of fused-ring (bicyclic) bond motifs is 1. The van der Waals surface area contributed by atoms with Crippen molar-refractivity contribution in [2.24, 2.45) is 5.92 Å². The van der Waals surface area contributed by atoms with Gasteiger partial charge in [-0.15, -0.1) is 11.6 Å². The van der Waals surface area contributed by atoms with E-state index in [1.54, 1.807) is 22.8 Å². The third-order valence-electron chi connectivity index (χ3n) is 6.38. The average Bonchev–Trinajstić information content (AvgIpc) is 3.41. The Balaban J connectivity index is 1.58. The van der Waals surface area contributed by atoms with E-state index in [2.05, 4.69) is 4.98 Å². The lowest BCUT2D eigenvalue weighted by Gasteiger charge is -2.16. The van der Waals surface area contributed by atoms with Gasteiger partial charge in [0.15, 0.2) is 11.6 Å². The van der Waals surface area contributed by atoms with Gasteiger partial charge in [0.05, 0.1) is 28.8 Å². The summed E-state index contributed by atoms with van der Waals surface area (Å²) < 4.78 is 36.2. The van der Waals surface area contributed by atoms with Gasteiger partial charge in [0.1, 0.15) is 11.6 Å². The summed E-state index contributed by atoms with van der Waals surface area (Å²) in [5, 5.41) is 9.55. The van der Waals surface area contributed by atoms with Crippen LogP contribution < -0.4 is 4.74 Å². The number of ether oxygens (including phenoxy) is 1. The second-order valence-corrected chi connectivity index (χ2v) is 9.48. The Bertz CT molecular complexity index is 1400. The molecule has 1 aromatic heterocycles. The van der Waals surface area contributed by atoms with E-state index in [1.807, 2.05) is 24.3 Å². The molecule has 1 fully saturated rings. The molecule has 1 aliphatic carbocycles. The molecule has 2 unspecified atom stereocenters. The highest BCUT2D eigenvalue weighted by Gasteiger charge is 2.24. The van der Waals surface area contributed by atoms with Gasteiger partial charge in [0, 0.05) is 24.1 Å². The molecule has 2 atom stereocenters. The van der Waals surface area contributed by atoms with E-state index in [9.17, 15) is 18.7 Å². The molecule has 35 heavy (non-hydrogen) atoms. The monoisotopic (exact) mass is 496 g/mol. The van der Waals surface area contributed by atoms with Crippen LogP contribution in [0.3, 0.4) is 0 Å². The van der Waals surface area contributed by atoms with Crippen LogP contribution in [-0.2, 0) is 6.54 Å². The Hall–Kier alpha value is -3.45. The Morgan fingerprint density at radius 1 is 1.09 bits per heavy atom. The third kappa shape index (κ3) is 4.86. The fraction of sp³-hybridized carbons (Fsp3) is 0.259. The number of hydrogen-bond acceptors (Lipinski definition) is 3. The SMILES string of the molecule is O=C(O)c1cccc(Cn2c(-c3ccccc3OCC3CCC(Cl)C3)nc3cc(F)c(F)cc32)c1. The number of para-hydroxylation sites is 1. The number of nitrogens with zero attached hydrogens (tertiary/aromatic N) is 2. The number of hydrogen-bond donors (Lipinski definition) is 1. The number of aromatic nitrogens is 2. The van der Waals surface area contributed by atoms with Crippen molar-refractivity contribution in [2.45, 2.75) is 31.2 Å². The first-order valence-electron chi connectivity index (χ1n) is 11.4. The van der Waals surface area contributed by atoms with Crippen molar-refractivity contribution in [3.63, 3.8) is 0 Å². The van der Waals surface area contributed by atoms with Crippen molar-refractivity contribution in [3.05, 3.63) is 83.4 Å². The lowest BCUT2D eigenvalue weighted by molar-refractivity contribution is 0.0696. The average molecular weight is 497 g/mol. The molecule has 0 aliphatic heterocycles. The predicted octanol–water partition coefficient (Wildman–Crippen LogP) is 6.51.